The fraction of sp³-hybridized carbons (Fsp3) is 0.571. The number of anilines is 1. The molecule has 112 valence electrons. The second kappa shape index (κ2) is 8.37. The summed E-state index contributed by atoms with van der Waals surface area (Å²) < 4.78 is 1.59. The summed E-state index contributed by atoms with van der Waals surface area (Å²) >= 11 is 0. The summed E-state index contributed by atoms with van der Waals surface area (Å²) in [6.45, 7) is 4.56. The highest BCUT2D eigenvalue weighted by molar-refractivity contribution is 5.75. The van der Waals surface area contributed by atoms with Gasteiger partial charge in [-0.1, -0.05) is 13.3 Å². The molecule has 0 aliphatic heterocycles. The maximum absolute atomic E-state index is 11.6. The van der Waals surface area contributed by atoms with Gasteiger partial charge in [0.05, 0.1) is 6.54 Å². The number of unbranched alkanes of at least 4 members (excludes halogenated alkanes) is 1. The minimum Gasteiger partial charge on any atom is -0.398 e. The molecule has 0 bridgehead atoms. The summed E-state index contributed by atoms with van der Waals surface area (Å²) in [5, 5.41) is 0. The van der Waals surface area contributed by atoms with Crippen molar-refractivity contribution in [3.63, 3.8) is 0 Å². The number of nitrogens with two attached hydrogens (primary N) is 2. The lowest BCUT2D eigenvalue weighted by atomic mass is 10.3. The highest BCUT2D eigenvalue weighted by Crippen LogP contribution is 2.00. The van der Waals surface area contributed by atoms with Gasteiger partial charge in [-0.25, -0.2) is 0 Å². The lowest BCUT2D eigenvalue weighted by Crippen LogP contribution is -2.35. The molecule has 0 aromatic carbocycles. The SMILES string of the molecule is CCCCN(CCCn1cc(N)ccc1=O)CC(N)=O. The fourth-order valence-electron chi connectivity index (χ4n) is 2.06. The van der Waals surface area contributed by atoms with Crippen molar-refractivity contribution in [1.82, 2.24) is 9.47 Å². The van der Waals surface area contributed by atoms with E-state index in [4.69, 9.17) is 11.5 Å². The molecule has 0 saturated heterocycles. The number of nitrogen functional groups attached to an aromatic ring is 1. The van der Waals surface area contributed by atoms with Gasteiger partial charge in [0.1, 0.15) is 0 Å². The molecule has 0 aliphatic rings. The van der Waals surface area contributed by atoms with E-state index in [-0.39, 0.29) is 18.0 Å². The molecule has 20 heavy (non-hydrogen) atoms. The first-order chi connectivity index (χ1) is 9.52. The first-order valence-corrected chi connectivity index (χ1v) is 6.99. The summed E-state index contributed by atoms with van der Waals surface area (Å²) in [5.74, 6) is -0.317. The Hall–Kier alpha value is -1.82. The Kier molecular flexibility index (Phi) is 6.79. The van der Waals surface area contributed by atoms with Gasteiger partial charge in [-0.15, -0.1) is 0 Å². The van der Waals surface area contributed by atoms with Gasteiger partial charge in [0.2, 0.25) is 5.91 Å². The van der Waals surface area contributed by atoms with Crippen LogP contribution in [-0.2, 0) is 11.3 Å². The maximum Gasteiger partial charge on any atom is 0.250 e. The van der Waals surface area contributed by atoms with Gasteiger partial charge in [-0.2, -0.15) is 0 Å². The Morgan fingerprint density at radius 3 is 2.65 bits per heavy atom. The second-order valence-corrected chi connectivity index (χ2v) is 4.94. The minimum absolute atomic E-state index is 0.0609. The van der Waals surface area contributed by atoms with Crippen LogP contribution in [0.3, 0.4) is 0 Å². The molecule has 6 heteroatoms. The normalized spacial score (nSPS) is 10.9. The quantitative estimate of drug-likeness (QED) is 0.685. The molecule has 1 aromatic heterocycles. The topological polar surface area (TPSA) is 94.3 Å². The molecule has 1 amide bonds. The van der Waals surface area contributed by atoms with Crippen LogP contribution in [-0.4, -0.2) is 35.0 Å². The number of hydrogen-bond donors (Lipinski definition) is 2. The van der Waals surface area contributed by atoms with Crippen molar-refractivity contribution in [2.75, 3.05) is 25.4 Å². The zero-order chi connectivity index (χ0) is 15.0. The molecule has 0 atom stereocenters. The largest absolute Gasteiger partial charge is 0.398 e. The molecule has 0 fully saturated rings. The molecule has 1 heterocycles. The first kappa shape index (κ1) is 16.2. The minimum atomic E-state index is -0.317. The van der Waals surface area contributed by atoms with Crippen molar-refractivity contribution < 1.29 is 4.79 Å². The number of rotatable bonds is 9. The zero-order valence-corrected chi connectivity index (χ0v) is 12.0. The monoisotopic (exact) mass is 280 g/mol. The van der Waals surface area contributed by atoms with Crippen LogP contribution < -0.4 is 17.0 Å². The average molecular weight is 280 g/mol. The average Bonchev–Trinajstić information content (AvgIpc) is 2.39. The molecule has 0 unspecified atom stereocenters. The summed E-state index contributed by atoms with van der Waals surface area (Å²) in [7, 11) is 0. The van der Waals surface area contributed by atoms with Crippen molar-refractivity contribution >= 4 is 11.6 Å². The van der Waals surface area contributed by atoms with E-state index in [9.17, 15) is 9.59 Å². The van der Waals surface area contributed by atoms with Crippen molar-refractivity contribution in [2.24, 2.45) is 5.73 Å². The van der Waals surface area contributed by atoms with E-state index in [0.29, 0.717) is 12.2 Å². The van der Waals surface area contributed by atoms with Crippen LogP contribution in [0.15, 0.2) is 23.1 Å². The third-order valence-electron chi connectivity index (χ3n) is 3.09. The lowest BCUT2D eigenvalue weighted by Gasteiger charge is -2.20. The summed E-state index contributed by atoms with van der Waals surface area (Å²) in [5.41, 5.74) is 11.4. The first-order valence-electron chi connectivity index (χ1n) is 6.99. The van der Waals surface area contributed by atoms with E-state index in [1.165, 1.54) is 6.07 Å². The number of pyridine rings is 1. The molecular formula is C14H24N4O2. The number of aromatic nitrogens is 1. The van der Waals surface area contributed by atoms with E-state index in [1.807, 2.05) is 4.90 Å². The van der Waals surface area contributed by atoms with Gasteiger partial charge < -0.3 is 16.0 Å². The molecule has 1 rings (SSSR count). The Labute approximate surface area is 119 Å². The summed E-state index contributed by atoms with van der Waals surface area (Å²) in [4.78, 5) is 24.7. The third-order valence-corrected chi connectivity index (χ3v) is 3.09. The molecule has 0 saturated carbocycles. The smallest absolute Gasteiger partial charge is 0.250 e. The number of amides is 1. The Balaban J connectivity index is 2.48. The second-order valence-electron chi connectivity index (χ2n) is 4.94. The molecule has 6 nitrogen and oxygen atoms in total. The van der Waals surface area contributed by atoms with Crippen LogP contribution in [0.2, 0.25) is 0 Å². The summed E-state index contributed by atoms with van der Waals surface area (Å²) in [6, 6.07) is 3.06. The van der Waals surface area contributed by atoms with Gasteiger partial charge in [-0.3, -0.25) is 14.5 Å². The van der Waals surface area contributed by atoms with E-state index < -0.39 is 0 Å². The predicted octanol–water partition coefficient (Wildman–Crippen LogP) is 0.408. The molecule has 0 radical (unpaired) electrons. The van der Waals surface area contributed by atoms with Gasteiger partial charge in [0, 0.05) is 31.0 Å². The Morgan fingerprint density at radius 1 is 1.30 bits per heavy atom. The van der Waals surface area contributed by atoms with Crippen LogP contribution >= 0.6 is 0 Å². The molecule has 0 spiro atoms. The van der Waals surface area contributed by atoms with Gasteiger partial charge in [0.15, 0.2) is 0 Å². The highest BCUT2D eigenvalue weighted by Gasteiger charge is 2.07. The van der Waals surface area contributed by atoms with Crippen LogP contribution in [0.1, 0.15) is 26.2 Å². The number of carbonyl (C=O) groups excluding carboxylic acids is 1. The van der Waals surface area contributed by atoms with Gasteiger partial charge >= 0.3 is 0 Å². The predicted molar refractivity (Wildman–Crippen MR) is 80.3 cm³/mol. The Bertz CT molecular complexity index is 484. The van der Waals surface area contributed by atoms with Crippen LogP contribution in [0.4, 0.5) is 5.69 Å². The molecule has 0 aliphatic carbocycles. The number of aryl methyl sites for hydroxylation is 1. The van der Waals surface area contributed by atoms with Crippen molar-refractivity contribution in [1.29, 1.82) is 0 Å². The third kappa shape index (κ3) is 5.88. The number of primary amides is 1. The number of nitrogens with zero attached hydrogens (tertiary/aromatic N) is 2. The van der Waals surface area contributed by atoms with E-state index in [1.54, 1.807) is 16.8 Å². The van der Waals surface area contributed by atoms with E-state index in [0.717, 1.165) is 32.4 Å². The Morgan fingerprint density at radius 2 is 2.00 bits per heavy atom. The van der Waals surface area contributed by atoms with E-state index in [2.05, 4.69) is 6.92 Å². The maximum atomic E-state index is 11.6. The lowest BCUT2D eigenvalue weighted by molar-refractivity contribution is -0.119. The number of hydrogen-bond acceptors (Lipinski definition) is 4. The van der Waals surface area contributed by atoms with E-state index >= 15 is 0 Å². The summed E-state index contributed by atoms with van der Waals surface area (Å²) in [6.07, 6.45) is 4.53. The van der Waals surface area contributed by atoms with Gasteiger partial charge in [0.25, 0.3) is 5.56 Å². The van der Waals surface area contributed by atoms with Crippen LogP contribution in [0.5, 0.6) is 0 Å². The zero-order valence-electron chi connectivity index (χ0n) is 12.0. The van der Waals surface area contributed by atoms with Crippen molar-refractivity contribution in [3.05, 3.63) is 28.7 Å². The molecule has 4 N–H and O–H groups in total. The van der Waals surface area contributed by atoms with Crippen molar-refractivity contribution in [2.45, 2.75) is 32.7 Å². The van der Waals surface area contributed by atoms with Gasteiger partial charge in [-0.05, 0) is 25.5 Å². The van der Waals surface area contributed by atoms with Crippen LogP contribution in [0, 0.1) is 0 Å². The standard InChI is InChI=1S/C14H24N4O2/c1-2-3-7-17(11-13(16)19)8-4-9-18-10-12(15)5-6-14(18)20/h5-6,10H,2-4,7-9,11,15H2,1H3,(H2,16,19). The molecular weight excluding hydrogens is 256 g/mol. The van der Waals surface area contributed by atoms with Crippen molar-refractivity contribution in [3.8, 4) is 0 Å². The van der Waals surface area contributed by atoms with Crippen LogP contribution in [0.25, 0.3) is 0 Å². The number of carbonyl (C=O) groups is 1. The molecule has 1 aromatic rings. The fourth-order valence-corrected chi connectivity index (χ4v) is 2.06. The highest BCUT2D eigenvalue weighted by atomic mass is 16.1.